The van der Waals surface area contributed by atoms with E-state index >= 15 is 0 Å². The van der Waals surface area contributed by atoms with Gasteiger partial charge in [0.25, 0.3) is 6.01 Å². The highest BCUT2D eigenvalue weighted by Crippen LogP contribution is 2.27. The molecule has 1 nitrogen and oxygen atoms in total. The molecule has 0 radical (unpaired) electrons. The highest BCUT2D eigenvalue weighted by molar-refractivity contribution is 6.05. The van der Waals surface area contributed by atoms with Crippen molar-refractivity contribution in [2.45, 2.75) is 0 Å². The summed E-state index contributed by atoms with van der Waals surface area (Å²) in [7, 11) is 0. The summed E-state index contributed by atoms with van der Waals surface area (Å²) >= 11 is 0. The van der Waals surface area contributed by atoms with Gasteiger partial charge in [-0.25, -0.2) is 0 Å². The molecule has 0 atom stereocenters. The second kappa shape index (κ2) is 2.58. The largest absolute Gasteiger partial charge is 0.431 e. The number of furan rings is 1. The maximum atomic E-state index is 12.9. The van der Waals surface area contributed by atoms with Crippen LogP contribution in [0.25, 0.3) is 21.7 Å². The van der Waals surface area contributed by atoms with Gasteiger partial charge >= 0.3 is 0 Å². The highest BCUT2D eigenvalue weighted by atomic mass is 19.1. The van der Waals surface area contributed by atoms with E-state index < -0.39 is 6.01 Å². The summed E-state index contributed by atoms with van der Waals surface area (Å²) in [6, 6.07) is 12.5. The molecule has 0 aliphatic carbocycles. The minimum Gasteiger partial charge on any atom is -0.431 e. The van der Waals surface area contributed by atoms with E-state index in [2.05, 4.69) is 0 Å². The minimum absolute atomic E-state index is 0.531. The molecule has 3 rings (SSSR count). The van der Waals surface area contributed by atoms with Gasteiger partial charge in [0, 0.05) is 11.5 Å². The van der Waals surface area contributed by atoms with Crippen molar-refractivity contribution in [3.63, 3.8) is 0 Å². The second-order valence-electron chi connectivity index (χ2n) is 3.25. The average molecular weight is 186 g/mol. The Morgan fingerprint density at radius 2 is 1.79 bits per heavy atom. The first-order valence-corrected chi connectivity index (χ1v) is 4.41. The van der Waals surface area contributed by atoms with Crippen molar-refractivity contribution >= 4 is 21.7 Å². The van der Waals surface area contributed by atoms with Crippen molar-refractivity contribution < 1.29 is 8.81 Å². The van der Waals surface area contributed by atoms with Crippen LogP contribution in [0.1, 0.15) is 0 Å². The normalized spacial score (nSPS) is 11.2. The van der Waals surface area contributed by atoms with Crippen LogP contribution in [0.3, 0.4) is 0 Å². The smallest absolute Gasteiger partial charge is 0.278 e. The van der Waals surface area contributed by atoms with Gasteiger partial charge in [-0.3, -0.25) is 0 Å². The molecule has 14 heavy (non-hydrogen) atoms. The van der Waals surface area contributed by atoms with Crippen LogP contribution in [-0.2, 0) is 0 Å². The van der Waals surface area contributed by atoms with Gasteiger partial charge in [0.1, 0.15) is 5.58 Å². The lowest BCUT2D eigenvalue weighted by Gasteiger charge is -1.96. The Hall–Kier alpha value is -1.83. The zero-order valence-corrected chi connectivity index (χ0v) is 7.33. The van der Waals surface area contributed by atoms with Gasteiger partial charge in [0.15, 0.2) is 0 Å². The number of fused-ring (bicyclic) bond motifs is 3. The Kier molecular flexibility index (Phi) is 1.39. The Labute approximate surface area is 79.8 Å². The van der Waals surface area contributed by atoms with E-state index in [0.717, 1.165) is 16.2 Å². The molecule has 0 aliphatic rings. The third kappa shape index (κ3) is 0.940. The fraction of sp³-hybridized carbons (Fsp3) is 0. The van der Waals surface area contributed by atoms with Crippen LogP contribution in [-0.4, -0.2) is 0 Å². The Morgan fingerprint density at radius 3 is 2.71 bits per heavy atom. The fourth-order valence-electron chi connectivity index (χ4n) is 1.76. The average Bonchev–Trinajstić information content (AvgIpc) is 2.59. The lowest BCUT2D eigenvalue weighted by atomic mass is 10.1. The van der Waals surface area contributed by atoms with Crippen molar-refractivity contribution in [2.24, 2.45) is 0 Å². The third-order valence-corrected chi connectivity index (χ3v) is 2.40. The zero-order valence-electron chi connectivity index (χ0n) is 7.33. The summed E-state index contributed by atoms with van der Waals surface area (Å²) in [4.78, 5) is 0. The molecule has 0 saturated heterocycles. The van der Waals surface area contributed by atoms with E-state index in [0.29, 0.717) is 5.58 Å². The van der Waals surface area contributed by atoms with E-state index in [1.54, 1.807) is 6.07 Å². The minimum atomic E-state index is -0.531. The van der Waals surface area contributed by atoms with Gasteiger partial charge < -0.3 is 4.42 Å². The highest BCUT2D eigenvalue weighted by Gasteiger charge is 2.05. The maximum absolute atomic E-state index is 12.9. The van der Waals surface area contributed by atoms with E-state index in [9.17, 15) is 4.39 Å². The summed E-state index contributed by atoms with van der Waals surface area (Å²) in [6.45, 7) is 0. The Bertz CT molecular complexity index is 610. The van der Waals surface area contributed by atoms with Crippen LogP contribution < -0.4 is 0 Å². The lowest BCUT2D eigenvalue weighted by molar-refractivity contribution is 0.381. The molecule has 2 aromatic carbocycles. The lowest BCUT2D eigenvalue weighted by Crippen LogP contribution is -1.71. The first-order chi connectivity index (χ1) is 6.84. The van der Waals surface area contributed by atoms with Crippen molar-refractivity contribution in [2.75, 3.05) is 0 Å². The third-order valence-electron chi connectivity index (χ3n) is 2.40. The molecular weight excluding hydrogens is 179 g/mol. The second-order valence-corrected chi connectivity index (χ2v) is 3.25. The molecule has 0 fully saturated rings. The van der Waals surface area contributed by atoms with Crippen molar-refractivity contribution in [3.05, 3.63) is 48.5 Å². The van der Waals surface area contributed by atoms with Gasteiger partial charge in [0.05, 0.1) is 0 Å². The van der Waals surface area contributed by atoms with Crippen LogP contribution in [0.5, 0.6) is 0 Å². The van der Waals surface area contributed by atoms with Gasteiger partial charge in [-0.15, -0.1) is 0 Å². The van der Waals surface area contributed by atoms with E-state index in [1.165, 1.54) is 6.07 Å². The van der Waals surface area contributed by atoms with Crippen LogP contribution in [0.15, 0.2) is 46.9 Å². The SMILES string of the molecule is Fc1cc2c(ccc3ccccc32)o1. The molecule has 0 saturated carbocycles. The first kappa shape index (κ1) is 7.56. The van der Waals surface area contributed by atoms with E-state index in [1.807, 2.05) is 30.3 Å². The molecule has 3 aromatic rings. The van der Waals surface area contributed by atoms with Gasteiger partial charge in [-0.05, 0) is 16.8 Å². The van der Waals surface area contributed by atoms with Crippen molar-refractivity contribution in [1.82, 2.24) is 0 Å². The van der Waals surface area contributed by atoms with Crippen molar-refractivity contribution in [1.29, 1.82) is 0 Å². The Morgan fingerprint density at radius 1 is 0.929 bits per heavy atom. The summed E-state index contributed by atoms with van der Waals surface area (Å²) < 4.78 is 17.8. The van der Waals surface area contributed by atoms with E-state index in [4.69, 9.17) is 4.42 Å². The van der Waals surface area contributed by atoms with Crippen LogP contribution in [0.2, 0.25) is 0 Å². The zero-order chi connectivity index (χ0) is 9.54. The molecule has 68 valence electrons. The molecule has 0 amide bonds. The van der Waals surface area contributed by atoms with Crippen molar-refractivity contribution in [3.8, 4) is 0 Å². The number of hydrogen-bond donors (Lipinski definition) is 0. The molecule has 0 unspecified atom stereocenters. The number of halogens is 1. The van der Waals surface area contributed by atoms with Gasteiger partial charge in [-0.1, -0.05) is 30.3 Å². The summed E-state index contributed by atoms with van der Waals surface area (Å²) in [6.07, 6.45) is 0. The first-order valence-electron chi connectivity index (χ1n) is 4.41. The van der Waals surface area contributed by atoms with Crippen LogP contribution >= 0.6 is 0 Å². The monoisotopic (exact) mass is 186 g/mol. The predicted octanol–water partition coefficient (Wildman–Crippen LogP) is 3.73. The van der Waals surface area contributed by atoms with Crippen LogP contribution in [0.4, 0.5) is 4.39 Å². The maximum Gasteiger partial charge on any atom is 0.278 e. The molecule has 2 heteroatoms. The van der Waals surface area contributed by atoms with Gasteiger partial charge in [-0.2, -0.15) is 4.39 Å². The molecule has 0 bridgehead atoms. The fourth-order valence-corrected chi connectivity index (χ4v) is 1.76. The number of hydrogen-bond acceptors (Lipinski definition) is 1. The summed E-state index contributed by atoms with van der Waals surface area (Å²) in [5.41, 5.74) is 0.598. The Balaban J connectivity index is 2.60. The molecule has 0 spiro atoms. The quantitative estimate of drug-likeness (QED) is 0.521. The topological polar surface area (TPSA) is 13.1 Å². The summed E-state index contributed by atoms with van der Waals surface area (Å²) in [5, 5.41) is 2.96. The van der Waals surface area contributed by atoms with Crippen LogP contribution in [0, 0.1) is 6.01 Å². The predicted molar refractivity (Wildman–Crippen MR) is 53.7 cm³/mol. The van der Waals surface area contributed by atoms with E-state index in [-0.39, 0.29) is 0 Å². The summed E-state index contributed by atoms with van der Waals surface area (Å²) in [5.74, 6) is 0. The molecule has 0 aliphatic heterocycles. The van der Waals surface area contributed by atoms with Gasteiger partial charge in [0.2, 0.25) is 0 Å². The number of benzene rings is 2. The standard InChI is InChI=1S/C12H7FO/c13-12-7-10-9-4-2-1-3-8(9)5-6-11(10)14-12/h1-7H. The molecule has 1 heterocycles. The molecule has 0 N–H and O–H groups in total. The number of rotatable bonds is 0. The molecule has 1 aromatic heterocycles. The molecular formula is C12H7FO.